The van der Waals surface area contributed by atoms with Gasteiger partial charge in [-0.15, -0.1) is 0 Å². The lowest BCUT2D eigenvalue weighted by Crippen LogP contribution is -2.51. The fourth-order valence-corrected chi connectivity index (χ4v) is 6.92. The molecule has 0 rings (SSSR count). The largest absolute Gasteiger partial charge is 0.478 e. The summed E-state index contributed by atoms with van der Waals surface area (Å²) in [4.78, 5) is 11.7. The van der Waals surface area contributed by atoms with Crippen LogP contribution in [-0.2, 0) is 28.7 Å². The lowest BCUT2D eigenvalue weighted by atomic mass is 10.1. The molecule has 4 unspecified atom stereocenters. The van der Waals surface area contributed by atoms with E-state index in [1.54, 1.807) is 13.8 Å². The molecule has 0 fully saturated rings. The van der Waals surface area contributed by atoms with E-state index in [4.69, 9.17) is 9.47 Å². The number of carbonyl (C=O) groups is 1. The maximum Gasteiger partial charge on any atom is 0.353 e. The van der Waals surface area contributed by atoms with Crippen LogP contribution in [0, 0.1) is 0 Å². The Balaban J connectivity index is 5.29. The van der Waals surface area contributed by atoms with E-state index in [1.165, 1.54) is 32.1 Å². The van der Waals surface area contributed by atoms with Crippen LogP contribution in [0.2, 0.25) is 0 Å². The highest BCUT2D eigenvalue weighted by atomic mass is 32.2. The Labute approximate surface area is 233 Å². The monoisotopic (exact) mass is 582 g/mol. The predicted molar refractivity (Wildman–Crippen MR) is 154 cm³/mol. The van der Waals surface area contributed by atoms with Crippen molar-refractivity contribution in [3.05, 3.63) is 0 Å². The van der Waals surface area contributed by atoms with Crippen LogP contribution in [0.3, 0.4) is 0 Å². The molecule has 0 aliphatic rings. The van der Waals surface area contributed by atoms with Crippen molar-refractivity contribution in [1.82, 2.24) is 0 Å². The normalized spacial score (nSPS) is 16.2. The number of rotatable bonds is 27. The van der Waals surface area contributed by atoms with Gasteiger partial charge in [-0.3, -0.25) is 4.57 Å². The highest BCUT2D eigenvalue weighted by molar-refractivity contribution is 7.92. The molecule has 0 amide bonds. The van der Waals surface area contributed by atoms with Crippen LogP contribution in [0.15, 0.2) is 0 Å². The molecule has 10 heteroatoms. The van der Waals surface area contributed by atoms with Crippen LogP contribution in [0.25, 0.3) is 0 Å². The molecule has 0 aromatic carbocycles. The van der Waals surface area contributed by atoms with E-state index in [0.29, 0.717) is 25.7 Å². The summed E-state index contributed by atoms with van der Waals surface area (Å²) in [5.41, 5.74) is 0. The molecule has 0 spiro atoms. The summed E-state index contributed by atoms with van der Waals surface area (Å²) in [6, 6.07) is 0. The van der Waals surface area contributed by atoms with E-state index in [-0.39, 0.29) is 12.4 Å². The van der Waals surface area contributed by atoms with E-state index < -0.39 is 47.3 Å². The van der Waals surface area contributed by atoms with Crippen molar-refractivity contribution in [3.8, 4) is 0 Å². The zero-order valence-electron chi connectivity index (χ0n) is 24.4. The molecule has 0 saturated heterocycles. The van der Waals surface area contributed by atoms with Gasteiger partial charge in [0.25, 0.3) is 5.34 Å². The number of hydrogen-bond acceptors (Lipinski definition) is 7. The number of aliphatic carboxylic acids is 1. The van der Waals surface area contributed by atoms with E-state index in [1.807, 2.05) is 0 Å². The van der Waals surface area contributed by atoms with Crippen LogP contribution in [-0.4, -0.2) is 59.9 Å². The van der Waals surface area contributed by atoms with Gasteiger partial charge in [0.05, 0.1) is 17.1 Å². The van der Waals surface area contributed by atoms with E-state index in [9.17, 15) is 28.0 Å². The topological polar surface area (TPSA) is 127 Å². The lowest BCUT2D eigenvalue weighted by Gasteiger charge is -2.32. The Hall–Kier alpha value is -0.600. The first-order valence-corrected chi connectivity index (χ1v) is 17.4. The minimum absolute atomic E-state index is 0.0422. The lowest BCUT2D eigenvalue weighted by molar-refractivity contribution is -0.231. The molecule has 4 atom stereocenters. The first-order valence-electron chi connectivity index (χ1n) is 14.9. The molecule has 0 heterocycles. The van der Waals surface area contributed by atoms with Crippen LogP contribution >= 0.6 is 8.46 Å². The van der Waals surface area contributed by atoms with Crippen molar-refractivity contribution in [2.24, 2.45) is 0 Å². The molecule has 0 aliphatic heterocycles. The fourth-order valence-electron chi connectivity index (χ4n) is 4.54. The number of carboxylic acid groups (broad SMARTS) is 1. The Morgan fingerprint density at radius 3 is 1.74 bits per heavy atom. The number of ether oxygens (including phenoxy) is 2. The third-order valence-electron chi connectivity index (χ3n) is 6.95. The van der Waals surface area contributed by atoms with Crippen molar-refractivity contribution < 1.29 is 37.5 Å². The average molecular weight is 583 g/mol. The standard InChI is InChI=1S/C28H55O8PS/c1-5-8-10-12-14-15-16-18-20-23-38(33,34)25(21-19-17-13-11-9-6-2)24(4)36-27(35-22-7-3)28(31,37-32)26(29)30/h24-25,27,31H,5-23H2,1-4H3,(H,29,30). The number of sulfone groups is 1. The maximum atomic E-state index is 13.4. The number of carboxylic acids is 1. The van der Waals surface area contributed by atoms with Crippen molar-refractivity contribution in [2.75, 3.05) is 12.4 Å². The van der Waals surface area contributed by atoms with Gasteiger partial charge in [0.15, 0.2) is 9.84 Å². The second-order valence-corrected chi connectivity index (χ2v) is 13.7. The van der Waals surface area contributed by atoms with Gasteiger partial charge < -0.3 is 19.7 Å². The van der Waals surface area contributed by atoms with Gasteiger partial charge in [-0.05, 0) is 26.2 Å². The quantitative estimate of drug-likeness (QED) is 0.0588. The number of unbranched alkanes of at least 4 members (excludes halogenated alkanes) is 13. The van der Waals surface area contributed by atoms with E-state index >= 15 is 0 Å². The van der Waals surface area contributed by atoms with Gasteiger partial charge in [0.1, 0.15) is 0 Å². The minimum Gasteiger partial charge on any atom is -0.478 e. The number of aliphatic hydroxyl groups is 1. The highest BCUT2D eigenvalue weighted by Crippen LogP contribution is 2.31. The molecule has 0 saturated carbocycles. The van der Waals surface area contributed by atoms with Gasteiger partial charge in [0, 0.05) is 6.61 Å². The average Bonchev–Trinajstić information content (AvgIpc) is 2.88. The zero-order valence-corrected chi connectivity index (χ0v) is 26.1. The summed E-state index contributed by atoms with van der Waals surface area (Å²) in [7, 11) is -4.64. The summed E-state index contributed by atoms with van der Waals surface area (Å²) in [5, 5.41) is 16.3. The smallest absolute Gasteiger partial charge is 0.353 e. The van der Waals surface area contributed by atoms with Crippen molar-refractivity contribution in [3.63, 3.8) is 0 Å². The summed E-state index contributed by atoms with van der Waals surface area (Å²) < 4.78 is 49.7. The molecule has 38 heavy (non-hydrogen) atoms. The molecule has 2 N–H and O–H groups in total. The molecular formula is C28H55O8PS. The van der Waals surface area contributed by atoms with Crippen molar-refractivity contribution in [1.29, 1.82) is 0 Å². The van der Waals surface area contributed by atoms with Gasteiger partial charge in [-0.1, -0.05) is 111 Å². The molecule has 0 bridgehead atoms. The Morgan fingerprint density at radius 2 is 1.29 bits per heavy atom. The first-order chi connectivity index (χ1) is 18.1. The molecule has 0 radical (unpaired) electrons. The third-order valence-corrected chi connectivity index (χ3v) is 10.0. The van der Waals surface area contributed by atoms with Crippen molar-refractivity contribution >= 4 is 24.3 Å². The van der Waals surface area contributed by atoms with Gasteiger partial charge in [-0.25, -0.2) is 13.2 Å². The minimum atomic E-state index is -3.55. The fraction of sp³-hybridized carbons (Fsp3) is 0.964. The van der Waals surface area contributed by atoms with Gasteiger partial charge in [-0.2, -0.15) is 0 Å². The molecule has 0 aromatic rings. The molecule has 0 aliphatic carbocycles. The van der Waals surface area contributed by atoms with Gasteiger partial charge >= 0.3 is 5.97 Å². The number of hydrogen-bond donors (Lipinski definition) is 2. The summed E-state index contributed by atoms with van der Waals surface area (Å²) in [6.07, 6.45) is 13.9. The first kappa shape index (κ1) is 37.4. The summed E-state index contributed by atoms with van der Waals surface area (Å²) >= 11 is 0. The zero-order chi connectivity index (χ0) is 28.9. The van der Waals surface area contributed by atoms with Crippen LogP contribution in [0.5, 0.6) is 0 Å². The van der Waals surface area contributed by atoms with Gasteiger partial charge in [0.2, 0.25) is 14.8 Å². The predicted octanol–water partition coefficient (Wildman–Crippen LogP) is 7.27. The Bertz CT molecular complexity index is 718. The van der Waals surface area contributed by atoms with Crippen LogP contribution in [0.4, 0.5) is 0 Å². The Morgan fingerprint density at radius 1 is 0.816 bits per heavy atom. The van der Waals surface area contributed by atoms with E-state index in [0.717, 1.165) is 51.4 Å². The Kier molecular flexibility index (Phi) is 21.8. The van der Waals surface area contributed by atoms with Crippen LogP contribution in [0.1, 0.15) is 137 Å². The molecule has 226 valence electrons. The maximum absolute atomic E-state index is 13.4. The highest BCUT2D eigenvalue weighted by Gasteiger charge is 2.50. The third kappa shape index (κ3) is 15.3. The molecule has 8 nitrogen and oxygen atoms in total. The SMILES string of the molecule is CCCCCCCCCCCS(=O)(=O)C(CCCCCCCC)C(C)OC(OCCC)C(O)(P=O)C(=O)O. The van der Waals surface area contributed by atoms with Crippen molar-refractivity contribution in [2.45, 2.75) is 160 Å². The van der Waals surface area contributed by atoms with Crippen LogP contribution < -0.4 is 0 Å². The second kappa shape index (κ2) is 22.1. The summed E-state index contributed by atoms with van der Waals surface area (Å²) in [5.74, 6) is -1.71. The molecule has 0 aromatic heterocycles. The molecular weight excluding hydrogens is 527 g/mol. The van der Waals surface area contributed by atoms with E-state index in [2.05, 4.69) is 13.8 Å². The second-order valence-electron chi connectivity index (χ2n) is 10.5. The summed E-state index contributed by atoms with van der Waals surface area (Å²) in [6.45, 7) is 7.77.